The average Bonchev–Trinajstić information content (AvgIpc) is 2.53. The lowest BCUT2D eigenvalue weighted by Gasteiger charge is -2.28. The van der Waals surface area contributed by atoms with Crippen LogP contribution in [0.15, 0.2) is 24.3 Å². The van der Waals surface area contributed by atoms with Crippen molar-refractivity contribution in [3.8, 4) is 0 Å². The van der Waals surface area contributed by atoms with Gasteiger partial charge in [0.15, 0.2) is 0 Å². The van der Waals surface area contributed by atoms with Gasteiger partial charge in [0.05, 0.1) is 6.61 Å². The normalized spacial score (nSPS) is 11.8. The van der Waals surface area contributed by atoms with Crippen LogP contribution in [0.5, 0.6) is 0 Å². The molecule has 6 heteroatoms. The Morgan fingerprint density at radius 1 is 1.32 bits per heavy atom. The van der Waals surface area contributed by atoms with Crippen molar-refractivity contribution in [2.75, 3.05) is 20.3 Å². The first-order chi connectivity index (χ1) is 10.5. The standard InChI is InChI=1S/C16H23FN2O3/c1-4-15(20)19(11-13-5-7-14(17)8-6-13)12(2)16(21)18-9-10-22-3/h5-8,12H,4,9-11H2,1-3H3,(H,18,21). The molecular formula is C16H23FN2O3. The van der Waals surface area contributed by atoms with E-state index in [0.29, 0.717) is 19.6 Å². The number of hydrogen-bond acceptors (Lipinski definition) is 3. The summed E-state index contributed by atoms with van der Waals surface area (Å²) in [4.78, 5) is 25.7. The predicted molar refractivity (Wildman–Crippen MR) is 81.6 cm³/mol. The zero-order chi connectivity index (χ0) is 16.5. The van der Waals surface area contributed by atoms with E-state index in [1.54, 1.807) is 33.1 Å². The topological polar surface area (TPSA) is 58.6 Å². The molecule has 0 saturated heterocycles. The number of hydrogen-bond donors (Lipinski definition) is 1. The van der Waals surface area contributed by atoms with E-state index in [-0.39, 0.29) is 24.2 Å². The van der Waals surface area contributed by atoms with Crippen molar-refractivity contribution in [2.45, 2.75) is 32.9 Å². The number of nitrogens with zero attached hydrogens (tertiary/aromatic N) is 1. The summed E-state index contributed by atoms with van der Waals surface area (Å²) in [5.74, 6) is -0.692. The monoisotopic (exact) mass is 310 g/mol. The number of nitrogens with one attached hydrogen (secondary N) is 1. The zero-order valence-electron chi connectivity index (χ0n) is 13.3. The molecule has 0 saturated carbocycles. The maximum absolute atomic E-state index is 13.0. The summed E-state index contributed by atoms with van der Waals surface area (Å²) in [6.07, 6.45) is 0.302. The van der Waals surface area contributed by atoms with E-state index in [1.807, 2.05) is 0 Å². The molecule has 2 amide bonds. The maximum atomic E-state index is 13.0. The Hall–Kier alpha value is -1.95. The molecule has 1 N–H and O–H groups in total. The van der Waals surface area contributed by atoms with Gasteiger partial charge in [-0.05, 0) is 24.6 Å². The number of rotatable bonds is 8. The first kappa shape index (κ1) is 18.1. The van der Waals surface area contributed by atoms with Gasteiger partial charge in [-0.15, -0.1) is 0 Å². The molecule has 1 rings (SSSR count). The third kappa shape index (κ3) is 5.44. The zero-order valence-corrected chi connectivity index (χ0v) is 13.3. The van der Waals surface area contributed by atoms with Crippen molar-refractivity contribution in [1.82, 2.24) is 10.2 Å². The fourth-order valence-electron chi connectivity index (χ4n) is 2.00. The second kappa shape index (κ2) is 9.15. The molecule has 0 radical (unpaired) electrons. The van der Waals surface area contributed by atoms with Crippen molar-refractivity contribution >= 4 is 11.8 Å². The smallest absolute Gasteiger partial charge is 0.242 e. The molecule has 1 aromatic carbocycles. The van der Waals surface area contributed by atoms with Crippen LogP contribution in [-0.4, -0.2) is 43.0 Å². The molecule has 0 bridgehead atoms. The molecule has 0 aliphatic heterocycles. The Kier molecular flexibility index (Phi) is 7.52. The minimum absolute atomic E-state index is 0.126. The quantitative estimate of drug-likeness (QED) is 0.744. The van der Waals surface area contributed by atoms with Crippen LogP contribution in [0.2, 0.25) is 0 Å². The molecule has 0 aliphatic rings. The van der Waals surface area contributed by atoms with Gasteiger partial charge >= 0.3 is 0 Å². The molecule has 0 fully saturated rings. The van der Waals surface area contributed by atoms with Gasteiger partial charge in [0.1, 0.15) is 11.9 Å². The minimum Gasteiger partial charge on any atom is -0.383 e. The van der Waals surface area contributed by atoms with Gasteiger partial charge in [0.2, 0.25) is 11.8 Å². The van der Waals surface area contributed by atoms with Crippen LogP contribution in [0.1, 0.15) is 25.8 Å². The van der Waals surface area contributed by atoms with E-state index in [9.17, 15) is 14.0 Å². The number of ether oxygens (including phenoxy) is 1. The Bertz CT molecular complexity index is 491. The summed E-state index contributed by atoms with van der Waals surface area (Å²) in [6.45, 7) is 4.50. The maximum Gasteiger partial charge on any atom is 0.242 e. The van der Waals surface area contributed by atoms with Gasteiger partial charge in [-0.2, -0.15) is 0 Å². The second-order valence-electron chi connectivity index (χ2n) is 4.96. The number of methoxy groups -OCH3 is 1. The summed E-state index contributed by atoms with van der Waals surface area (Å²) in [7, 11) is 1.55. The fraction of sp³-hybridized carbons (Fsp3) is 0.500. The number of carbonyl (C=O) groups is 2. The lowest BCUT2D eigenvalue weighted by Crippen LogP contribution is -2.48. The molecule has 22 heavy (non-hydrogen) atoms. The lowest BCUT2D eigenvalue weighted by molar-refractivity contribution is -0.140. The van der Waals surface area contributed by atoms with E-state index in [1.165, 1.54) is 17.0 Å². The van der Waals surface area contributed by atoms with E-state index < -0.39 is 6.04 Å². The second-order valence-corrected chi connectivity index (χ2v) is 4.96. The van der Waals surface area contributed by atoms with Crippen LogP contribution in [0.25, 0.3) is 0 Å². The molecule has 0 heterocycles. The van der Waals surface area contributed by atoms with E-state index >= 15 is 0 Å². The third-order valence-electron chi connectivity index (χ3n) is 3.34. The number of carbonyl (C=O) groups excluding carboxylic acids is 2. The molecule has 5 nitrogen and oxygen atoms in total. The molecule has 0 spiro atoms. The highest BCUT2D eigenvalue weighted by Gasteiger charge is 2.24. The highest BCUT2D eigenvalue weighted by Crippen LogP contribution is 2.11. The summed E-state index contributed by atoms with van der Waals surface area (Å²) in [5, 5.41) is 2.72. The van der Waals surface area contributed by atoms with Gasteiger partial charge < -0.3 is 15.0 Å². The highest BCUT2D eigenvalue weighted by molar-refractivity contribution is 5.87. The molecule has 1 atom stereocenters. The minimum atomic E-state index is -0.602. The molecule has 0 aromatic heterocycles. The van der Waals surface area contributed by atoms with E-state index in [4.69, 9.17) is 4.74 Å². The van der Waals surface area contributed by atoms with Crippen LogP contribution in [0, 0.1) is 5.82 Å². The Balaban J connectivity index is 2.76. The molecular weight excluding hydrogens is 287 g/mol. The van der Waals surface area contributed by atoms with Crippen LogP contribution in [0.4, 0.5) is 4.39 Å². The molecule has 0 aliphatic carbocycles. The first-order valence-electron chi connectivity index (χ1n) is 7.30. The predicted octanol–water partition coefficient (Wildman–Crippen LogP) is 1.72. The lowest BCUT2D eigenvalue weighted by atomic mass is 10.1. The van der Waals surface area contributed by atoms with Crippen molar-refractivity contribution in [2.24, 2.45) is 0 Å². The summed E-state index contributed by atoms with van der Waals surface area (Å²) in [6, 6.07) is 5.30. The van der Waals surface area contributed by atoms with Gasteiger partial charge in [-0.25, -0.2) is 4.39 Å². The van der Waals surface area contributed by atoms with Crippen LogP contribution in [0.3, 0.4) is 0 Å². The third-order valence-corrected chi connectivity index (χ3v) is 3.34. The SMILES string of the molecule is CCC(=O)N(Cc1ccc(F)cc1)C(C)C(=O)NCCOC. The van der Waals surface area contributed by atoms with Crippen LogP contribution in [-0.2, 0) is 20.9 Å². The summed E-state index contributed by atoms with van der Waals surface area (Å²) < 4.78 is 17.8. The highest BCUT2D eigenvalue weighted by atomic mass is 19.1. The molecule has 122 valence electrons. The Morgan fingerprint density at radius 2 is 1.95 bits per heavy atom. The van der Waals surface area contributed by atoms with Crippen LogP contribution < -0.4 is 5.32 Å². The largest absolute Gasteiger partial charge is 0.383 e. The van der Waals surface area contributed by atoms with Gasteiger partial charge in [0, 0.05) is 26.6 Å². The summed E-state index contributed by atoms with van der Waals surface area (Å²) in [5.41, 5.74) is 0.778. The van der Waals surface area contributed by atoms with Crippen molar-refractivity contribution in [1.29, 1.82) is 0 Å². The van der Waals surface area contributed by atoms with Gasteiger partial charge in [-0.1, -0.05) is 19.1 Å². The number of benzene rings is 1. The molecule has 1 unspecified atom stereocenters. The Labute approximate surface area is 130 Å². The van der Waals surface area contributed by atoms with Crippen molar-refractivity contribution < 1.29 is 18.7 Å². The summed E-state index contributed by atoms with van der Waals surface area (Å²) >= 11 is 0. The number of amides is 2. The van der Waals surface area contributed by atoms with Crippen molar-refractivity contribution in [3.05, 3.63) is 35.6 Å². The van der Waals surface area contributed by atoms with Gasteiger partial charge in [-0.3, -0.25) is 9.59 Å². The van der Waals surface area contributed by atoms with E-state index in [0.717, 1.165) is 5.56 Å². The van der Waals surface area contributed by atoms with Crippen LogP contribution >= 0.6 is 0 Å². The average molecular weight is 310 g/mol. The first-order valence-corrected chi connectivity index (χ1v) is 7.30. The molecule has 1 aromatic rings. The Morgan fingerprint density at radius 3 is 2.50 bits per heavy atom. The fourth-order valence-corrected chi connectivity index (χ4v) is 2.00. The van der Waals surface area contributed by atoms with Crippen molar-refractivity contribution in [3.63, 3.8) is 0 Å². The number of halogens is 1. The van der Waals surface area contributed by atoms with E-state index in [2.05, 4.69) is 5.32 Å². The van der Waals surface area contributed by atoms with Gasteiger partial charge in [0.25, 0.3) is 0 Å².